The summed E-state index contributed by atoms with van der Waals surface area (Å²) >= 11 is 0. The molecule has 0 saturated heterocycles. The smallest absolute Gasteiger partial charge is 0.321 e. The van der Waals surface area contributed by atoms with Crippen LogP contribution in [0.25, 0.3) is 0 Å². The lowest BCUT2D eigenvalue weighted by Gasteiger charge is -2.19. The molecule has 0 amide bonds. The summed E-state index contributed by atoms with van der Waals surface area (Å²) in [5, 5.41) is 11.7. The van der Waals surface area contributed by atoms with Crippen molar-refractivity contribution >= 4 is 11.7 Å². The van der Waals surface area contributed by atoms with Crippen molar-refractivity contribution in [2.75, 3.05) is 33.9 Å². The van der Waals surface area contributed by atoms with Crippen molar-refractivity contribution in [2.45, 2.75) is 12.5 Å². The highest BCUT2D eigenvalue weighted by molar-refractivity contribution is 5.73. The number of carboxylic acids is 1. The molecule has 0 aliphatic rings. The van der Waals surface area contributed by atoms with E-state index >= 15 is 0 Å². The number of nitrogen functional groups attached to an aromatic ring is 1. The summed E-state index contributed by atoms with van der Waals surface area (Å²) in [7, 11) is 7.27. The van der Waals surface area contributed by atoms with Crippen LogP contribution in [-0.4, -0.2) is 50.2 Å². The molecule has 0 saturated carbocycles. The number of nitrogens with one attached hydrogen (secondary N) is 1. The van der Waals surface area contributed by atoms with Crippen LogP contribution < -0.4 is 11.1 Å². The number of nitrogens with zero attached hydrogens (tertiary/aromatic N) is 1. The van der Waals surface area contributed by atoms with Crippen molar-refractivity contribution in [1.29, 1.82) is 0 Å². The predicted octanol–water partition coefficient (Wildman–Crippen LogP) is 0.662. The molecule has 0 aliphatic carbocycles. The highest BCUT2D eigenvalue weighted by Gasteiger charge is 2.19. The molecule has 1 rings (SSSR count). The van der Waals surface area contributed by atoms with E-state index in [4.69, 9.17) is 10.8 Å². The van der Waals surface area contributed by atoms with Crippen molar-refractivity contribution < 1.29 is 9.90 Å². The lowest BCUT2D eigenvalue weighted by atomic mass is 10.1. The van der Waals surface area contributed by atoms with Crippen molar-refractivity contribution in [3.8, 4) is 0 Å². The third-order valence-electron chi connectivity index (χ3n) is 2.32. The van der Waals surface area contributed by atoms with Gasteiger partial charge in [-0.3, -0.25) is 9.69 Å². The van der Waals surface area contributed by atoms with Crippen LogP contribution in [0.4, 0.5) is 5.69 Å². The van der Waals surface area contributed by atoms with Gasteiger partial charge >= 0.3 is 5.97 Å². The van der Waals surface area contributed by atoms with Gasteiger partial charge in [0.15, 0.2) is 0 Å². The van der Waals surface area contributed by atoms with Crippen LogP contribution in [0.1, 0.15) is 5.56 Å². The molecule has 1 atom stereocenters. The van der Waals surface area contributed by atoms with E-state index < -0.39 is 12.0 Å². The van der Waals surface area contributed by atoms with E-state index in [9.17, 15) is 4.79 Å². The Morgan fingerprint density at radius 1 is 1.33 bits per heavy atom. The number of hydrogen-bond acceptors (Lipinski definition) is 4. The molecular formula is C13H23N3O2. The molecule has 0 aliphatic heterocycles. The summed E-state index contributed by atoms with van der Waals surface area (Å²) in [5.41, 5.74) is 7.22. The lowest BCUT2D eigenvalue weighted by molar-refractivity contribution is -0.142. The molecule has 5 nitrogen and oxygen atoms in total. The van der Waals surface area contributed by atoms with Gasteiger partial charge in [-0.05, 0) is 52.3 Å². The fraction of sp³-hybridized carbons (Fsp3) is 0.462. The molecule has 1 aromatic rings. The van der Waals surface area contributed by atoms with Crippen LogP contribution in [0.2, 0.25) is 0 Å². The Hall–Kier alpha value is -1.59. The summed E-state index contributed by atoms with van der Waals surface area (Å²) in [6.07, 6.45) is 0.489. The number of likely N-dealkylation sites (N-methyl/N-ethyl adjacent to an activating group) is 1. The number of hydrogen-bond donors (Lipinski definition) is 3. The molecule has 0 radical (unpaired) electrons. The first kappa shape index (κ1) is 16.4. The largest absolute Gasteiger partial charge is 0.480 e. The minimum absolute atomic E-state index is 0.489. The summed E-state index contributed by atoms with van der Waals surface area (Å²) in [5.74, 6) is -0.808. The first-order chi connectivity index (χ1) is 8.42. The first-order valence-electron chi connectivity index (χ1n) is 5.74. The zero-order valence-corrected chi connectivity index (χ0v) is 11.5. The Morgan fingerprint density at radius 3 is 2.11 bits per heavy atom. The maximum absolute atomic E-state index is 10.9. The van der Waals surface area contributed by atoms with E-state index in [1.54, 1.807) is 31.1 Å². The van der Waals surface area contributed by atoms with Crippen LogP contribution in [-0.2, 0) is 11.2 Å². The molecule has 0 heterocycles. The van der Waals surface area contributed by atoms with Gasteiger partial charge in [-0.15, -0.1) is 0 Å². The van der Waals surface area contributed by atoms with E-state index in [1.165, 1.54) is 0 Å². The molecular weight excluding hydrogens is 230 g/mol. The van der Waals surface area contributed by atoms with E-state index in [-0.39, 0.29) is 0 Å². The van der Waals surface area contributed by atoms with Crippen LogP contribution in [0.5, 0.6) is 0 Å². The third-order valence-corrected chi connectivity index (χ3v) is 2.32. The second-order valence-corrected chi connectivity index (χ2v) is 4.26. The minimum Gasteiger partial charge on any atom is -0.480 e. The average Bonchev–Trinajstić information content (AvgIpc) is 2.28. The highest BCUT2D eigenvalue weighted by Crippen LogP contribution is 2.10. The van der Waals surface area contributed by atoms with Crippen LogP contribution in [0.3, 0.4) is 0 Å². The van der Waals surface area contributed by atoms with Crippen molar-refractivity contribution in [3.05, 3.63) is 29.8 Å². The Bertz CT molecular complexity index is 350. The number of benzene rings is 1. The van der Waals surface area contributed by atoms with E-state index in [2.05, 4.69) is 5.32 Å². The molecule has 5 heteroatoms. The van der Waals surface area contributed by atoms with Gasteiger partial charge in [0, 0.05) is 5.69 Å². The maximum Gasteiger partial charge on any atom is 0.321 e. The van der Waals surface area contributed by atoms with Crippen molar-refractivity contribution in [1.82, 2.24) is 10.2 Å². The number of rotatable bonds is 4. The molecule has 1 aromatic carbocycles. The number of anilines is 1. The first-order valence-corrected chi connectivity index (χ1v) is 5.74. The fourth-order valence-electron chi connectivity index (χ4n) is 1.37. The van der Waals surface area contributed by atoms with E-state index in [0.29, 0.717) is 12.1 Å². The Morgan fingerprint density at radius 2 is 1.78 bits per heavy atom. The SMILES string of the molecule is CN(C)[C@@H](Cc1ccc(N)cc1)C(=O)O.CNC. The second-order valence-electron chi connectivity index (χ2n) is 4.26. The molecule has 102 valence electrons. The Labute approximate surface area is 109 Å². The zero-order chi connectivity index (χ0) is 14.1. The predicted molar refractivity (Wildman–Crippen MR) is 74.7 cm³/mol. The van der Waals surface area contributed by atoms with E-state index in [0.717, 1.165) is 5.56 Å². The quantitative estimate of drug-likeness (QED) is 0.687. The number of carboxylic acid groups (broad SMARTS) is 1. The van der Waals surface area contributed by atoms with Gasteiger partial charge in [0.05, 0.1) is 0 Å². The third kappa shape index (κ3) is 6.22. The highest BCUT2D eigenvalue weighted by atomic mass is 16.4. The molecule has 0 spiro atoms. The summed E-state index contributed by atoms with van der Waals surface area (Å²) in [6, 6.07) is 6.78. The van der Waals surface area contributed by atoms with Gasteiger partial charge in [-0.1, -0.05) is 12.1 Å². The van der Waals surface area contributed by atoms with Crippen LogP contribution in [0, 0.1) is 0 Å². The second kappa shape index (κ2) is 8.49. The van der Waals surface area contributed by atoms with Gasteiger partial charge in [0.25, 0.3) is 0 Å². The van der Waals surface area contributed by atoms with Crippen LogP contribution >= 0.6 is 0 Å². The van der Waals surface area contributed by atoms with Crippen molar-refractivity contribution in [2.24, 2.45) is 0 Å². The Kier molecular flexibility index (Phi) is 7.74. The minimum atomic E-state index is -0.808. The summed E-state index contributed by atoms with van der Waals surface area (Å²) in [4.78, 5) is 12.6. The van der Waals surface area contributed by atoms with Gasteiger partial charge in [-0.25, -0.2) is 0 Å². The van der Waals surface area contributed by atoms with Gasteiger partial charge < -0.3 is 16.2 Å². The van der Waals surface area contributed by atoms with Crippen LogP contribution in [0.15, 0.2) is 24.3 Å². The maximum atomic E-state index is 10.9. The molecule has 0 unspecified atom stereocenters. The number of nitrogens with two attached hydrogens (primary N) is 1. The summed E-state index contributed by atoms with van der Waals surface area (Å²) in [6.45, 7) is 0. The zero-order valence-electron chi connectivity index (χ0n) is 11.5. The fourth-order valence-corrected chi connectivity index (χ4v) is 1.37. The summed E-state index contributed by atoms with van der Waals surface area (Å²) < 4.78 is 0. The lowest BCUT2D eigenvalue weighted by Crippen LogP contribution is -2.37. The standard InChI is InChI=1S/C11H16N2O2.C2H7N/c1-13(2)10(11(14)15)7-8-3-5-9(12)6-4-8;1-3-2/h3-6,10H,7,12H2,1-2H3,(H,14,15);3H,1-2H3/t10-;/m0./s1. The monoisotopic (exact) mass is 253 g/mol. The molecule has 4 N–H and O–H groups in total. The van der Waals surface area contributed by atoms with E-state index in [1.807, 2.05) is 26.2 Å². The number of carbonyl (C=O) groups is 1. The number of aliphatic carboxylic acids is 1. The average molecular weight is 253 g/mol. The van der Waals surface area contributed by atoms with Gasteiger partial charge in [0.2, 0.25) is 0 Å². The normalized spacial score (nSPS) is 11.6. The topological polar surface area (TPSA) is 78.6 Å². The molecule has 18 heavy (non-hydrogen) atoms. The van der Waals surface area contributed by atoms with Crippen molar-refractivity contribution in [3.63, 3.8) is 0 Å². The Balaban J connectivity index is 0.000000873. The van der Waals surface area contributed by atoms with Gasteiger partial charge in [-0.2, -0.15) is 0 Å². The molecule has 0 aromatic heterocycles. The molecule has 0 fully saturated rings. The molecule has 0 bridgehead atoms. The van der Waals surface area contributed by atoms with Gasteiger partial charge in [0.1, 0.15) is 6.04 Å².